The molecule has 1 aromatic carbocycles. The molecule has 3 heterocycles. The zero-order chi connectivity index (χ0) is 20.6. The van der Waals surface area contributed by atoms with E-state index in [0.717, 1.165) is 6.42 Å². The maximum atomic E-state index is 13.0. The zero-order valence-corrected chi connectivity index (χ0v) is 17.3. The highest BCUT2D eigenvalue weighted by Gasteiger charge is 2.58. The maximum absolute atomic E-state index is 13.0. The first-order valence-corrected chi connectivity index (χ1v) is 10.3. The minimum Gasteiger partial charge on any atom is -0.341 e. The molecule has 0 N–H and O–H groups in total. The van der Waals surface area contributed by atoms with Gasteiger partial charge >= 0.3 is 0 Å². The van der Waals surface area contributed by atoms with Crippen LogP contribution in [-0.2, 0) is 10.2 Å². The van der Waals surface area contributed by atoms with Crippen LogP contribution in [0.3, 0.4) is 0 Å². The van der Waals surface area contributed by atoms with Gasteiger partial charge in [-0.25, -0.2) is 0 Å². The number of fused-ring (bicyclic) bond motifs is 1. The topological polar surface area (TPSA) is 79.5 Å². The lowest BCUT2D eigenvalue weighted by Crippen LogP contribution is -2.41. The van der Waals surface area contributed by atoms with Gasteiger partial charge in [0, 0.05) is 44.1 Å². The highest BCUT2D eigenvalue weighted by Crippen LogP contribution is 2.45. The standard InChI is InChI=1S/C22H28N4O3/c1-15(2)9-10-19(27)25-11-18-12-26(20(28)17-7-5-4-6-8-17)14-22(18,13-25)21-23-16(3)24-29-21/h4-8,15,18H,9-14H2,1-3H3. The van der Waals surface area contributed by atoms with Crippen molar-refractivity contribution in [1.82, 2.24) is 19.9 Å². The first-order valence-electron chi connectivity index (χ1n) is 10.3. The fourth-order valence-electron chi connectivity index (χ4n) is 4.55. The second-order valence-electron chi connectivity index (χ2n) is 8.76. The van der Waals surface area contributed by atoms with Crippen LogP contribution in [0.2, 0.25) is 0 Å². The van der Waals surface area contributed by atoms with E-state index in [1.54, 1.807) is 6.92 Å². The molecule has 1 aromatic heterocycles. The summed E-state index contributed by atoms with van der Waals surface area (Å²) in [4.78, 5) is 34.1. The van der Waals surface area contributed by atoms with E-state index in [2.05, 4.69) is 24.0 Å². The molecule has 0 radical (unpaired) electrons. The van der Waals surface area contributed by atoms with Gasteiger partial charge in [-0.05, 0) is 31.4 Å². The second kappa shape index (κ2) is 7.61. The van der Waals surface area contributed by atoms with Crippen molar-refractivity contribution in [3.63, 3.8) is 0 Å². The molecule has 7 nitrogen and oxygen atoms in total. The minimum absolute atomic E-state index is 0.00768. The number of nitrogens with zero attached hydrogens (tertiary/aromatic N) is 4. The van der Waals surface area contributed by atoms with E-state index in [-0.39, 0.29) is 17.7 Å². The Bertz CT molecular complexity index is 894. The van der Waals surface area contributed by atoms with Gasteiger partial charge in [0.05, 0.1) is 5.41 Å². The maximum Gasteiger partial charge on any atom is 0.253 e. The summed E-state index contributed by atoms with van der Waals surface area (Å²) in [5.74, 6) is 1.89. The Morgan fingerprint density at radius 1 is 1.17 bits per heavy atom. The predicted molar refractivity (Wildman–Crippen MR) is 107 cm³/mol. The first-order chi connectivity index (χ1) is 13.9. The third-order valence-electron chi connectivity index (χ3n) is 6.16. The molecule has 2 aliphatic heterocycles. The lowest BCUT2D eigenvalue weighted by molar-refractivity contribution is -0.130. The summed E-state index contributed by atoms with van der Waals surface area (Å²) >= 11 is 0. The number of aromatic nitrogens is 2. The van der Waals surface area contributed by atoms with Crippen LogP contribution in [0.4, 0.5) is 0 Å². The van der Waals surface area contributed by atoms with Crippen molar-refractivity contribution in [2.45, 2.75) is 39.0 Å². The van der Waals surface area contributed by atoms with E-state index in [0.29, 0.717) is 55.8 Å². The number of rotatable bonds is 5. The van der Waals surface area contributed by atoms with Gasteiger partial charge in [-0.2, -0.15) is 4.98 Å². The Morgan fingerprint density at radius 3 is 2.52 bits per heavy atom. The van der Waals surface area contributed by atoms with Crippen LogP contribution in [0.1, 0.15) is 48.8 Å². The van der Waals surface area contributed by atoms with Crippen molar-refractivity contribution in [3.8, 4) is 0 Å². The van der Waals surface area contributed by atoms with E-state index in [9.17, 15) is 9.59 Å². The van der Waals surface area contributed by atoms with E-state index in [4.69, 9.17) is 4.52 Å². The summed E-state index contributed by atoms with van der Waals surface area (Å²) in [6, 6.07) is 9.31. The summed E-state index contributed by atoms with van der Waals surface area (Å²) in [5.41, 5.74) is 0.188. The number of carbonyl (C=O) groups is 2. The highest BCUT2D eigenvalue weighted by atomic mass is 16.5. The third kappa shape index (κ3) is 3.66. The molecule has 2 saturated heterocycles. The summed E-state index contributed by atoms with van der Waals surface area (Å²) < 4.78 is 5.58. The number of hydrogen-bond acceptors (Lipinski definition) is 5. The number of likely N-dealkylation sites (tertiary alicyclic amines) is 2. The summed E-state index contributed by atoms with van der Waals surface area (Å²) in [6.07, 6.45) is 1.43. The van der Waals surface area contributed by atoms with Gasteiger partial charge in [0.1, 0.15) is 0 Å². The Labute approximate surface area is 171 Å². The normalized spacial score (nSPS) is 23.7. The lowest BCUT2D eigenvalue weighted by atomic mass is 9.81. The summed E-state index contributed by atoms with van der Waals surface area (Å²) in [7, 11) is 0. The molecule has 29 heavy (non-hydrogen) atoms. The number of amides is 2. The summed E-state index contributed by atoms with van der Waals surface area (Å²) in [6.45, 7) is 8.26. The lowest BCUT2D eigenvalue weighted by Gasteiger charge is -2.26. The number of carbonyl (C=O) groups excluding carboxylic acids is 2. The average molecular weight is 396 g/mol. The monoisotopic (exact) mass is 396 g/mol. The molecule has 4 rings (SSSR count). The molecular weight excluding hydrogens is 368 g/mol. The van der Waals surface area contributed by atoms with Crippen molar-refractivity contribution in [2.24, 2.45) is 11.8 Å². The largest absolute Gasteiger partial charge is 0.341 e. The van der Waals surface area contributed by atoms with Crippen molar-refractivity contribution in [2.75, 3.05) is 26.2 Å². The van der Waals surface area contributed by atoms with Crippen LogP contribution in [-0.4, -0.2) is 57.9 Å². The Balaban J connectivity index is 1.57. The van der Waals surface area contributed by atoms with Crippen LogP contribution in [0.5, 0.6) is 0 Å². The molecule has 154 valence electrons. The summed E-state index contributed by atoms with van der Waals surface area (Å²) in [5, 5.41) is 3.98. The first kappa shape index (κ1) is 19.6. The van der Waals surface area contributed by atoms with Crippen molar-refractivity contribution in [1.29, 1.82) is 0 Å². The van der Waals surface area contributed by atoms with Gasteiger partial charge in [0.2, 0.25) is 11.8 Å². The number of benzene rings is 1. The highest BCUT2D eigenvalue weighted by molar-refractivity contribution is 5.94. The van der Waals surface area contributed by atoms with Crippen LogP contribution >= 0.6 is 0 Å². The molecule has 0 aliphatic carbocycles. The predicted octanol–water partition coefficient (Wildman–Crippen LogP) is 2.67. The number of aryl methyl sites for hydroxylation is 1. The van der Waals surface area contributed by atoms with Crippen LogP contribution in [0.15, 0.2) is 34.9 Å². The SMILES string of the molecule is Cc1noc(C23CN(C(=O)CCC(C)C)CC2CN(C(=O)c2ccccc2)C3)n1. The fourth-order valence-corrected chi connectivity index (χ4v) is 4.55. The molecule has 2 fully saturated rings. The van der Waals surface area contributed by atoms with Crippen LogP contribution in [0, 0.1) is 18.8 Å². The zero-order valence-electron chi connectivity index (χ0n) is 17.3. The van der Waals surface area contributed by atoms with Crippen molar-refractivity contribution < 1.29 is 14.1 Å². The van der Waals surface area contributed by atoms with E-state index < -0.39 is 5.41 Å². The molecule has 2 aliphatic rings. The average Bonchev–Trinajstić information content (AvgIpc) is 3.38. The molecule has 0 bridgehead atoms. The second-order valence-corrected chi connectivity index (χ2v) is 8.76. The molecule has 0 saturated carbocycles. The Kier molecular flexibility index (Phi) is 5.15. The minimum atomic E-state index is -0.487. The smallest absolute Gasteiger partial charge is 0.253 e. The van der Waals surface area contributed by atoms with Crippen molar-refractivity contribution >= 4 is 11.8 Å². The van der Waals surface area contributed by atoms with Gasteiger partial charge < -0.3 is 14.3 Å². The van der Waals surface area contributed by atoms with E-state index in [1.807, 2.05) is 40.1 Å². The quantitative estimate of drug-likeness (QED) is 0.776. The van der Waals surface area contributed by atoms with Crippen LogP contribution in [0.25, 0.3) is 0 Å². The van der Waals surface area contributed by atoms with Gasteiger partial charge in [0.25, 0.3) is 5.91 Å². The molecule has 0 spiro atoms. The van der Waals surface area contributed by atoms with Gasteiger partial charge in [-0.15, -0.1) is 0 Å². The molecule has 2 amide bonds. The third-order valence-corrected chi connectivity index (χ3v) is 6.16. The Hall–Kier alpha value is -2.70. The van der Waals surface area contributed by atoms with Crippen molar-refractivity contribution in [3.05, 3.63) is 47.6 Å². The number of hydrogen-bond donors (Lipinski definition) is 0. The molecule has 7 heteroatoms. The van der Waals surface area contributed by atoms with Gasteiger partial charge in [-0.1, -0.05) is 37.2 Å². The molecular formula is C22H28N4O3. The van der Waals surface area contributed by atoms with Crippen LogP contribution < -0.4 is 0 Å². The fraction of sp³-hybridized carbons (Fsp3) is 0.545. The van der Waals surface area contributed by atoms with Gasteiger partial charge in [-0.3, -0.25) is 9.59 Å². The van der Waals surface area contributed by atoms with Gasteiger partial charge in [0.15, 0.2) is 5.82 Å². The van der Waals surface area contributed by atoms with E-state index in [1.165, 1.54) is 0 Å². The van der Waals surface area contributed by atoms with E-state index >= 15 is 0 Å². The molecule has 2 atom stereocenters. The Morgan fingerprint density at radius 2 is 1.86 bits per heavy atom. The molecule has 2 aromatic rings. The molecule has 2 unspecified atom stereocenters.